The van der Waals surface area contributed by atoms with E-state index in [1.807, 2.05) is 60.7 Å². The monoisotopic (exact) mass is 462 g/mol. The molecule has 0 aliphatic carbocycles. The molecule has 0 aromatic heterocycles. The van der Waals surface area contributed by atoms with E-state index in [4.69, 9.17) is 18.9 Å². The van der Waals surface area contributed by atoms with E-state index in [1.165, 1.54) is 0 Å². The Balaban J connectivity index is 1.32. The standard InChI is InChI=1S/C30H16B2O4/c1-3-9-21-17(7-1)31-19-15-16-20-30(29(19)35-25-13-5-11-23(33-21)27(25)31)36-26-14-6-12-24-28(26)32(20)18-8-2-4-10-22(18)34-24/h1-16H. The molecule has 36 heavy (non-hydrogen) atoms. The van der Waals surface area contributed by atoms with E-state index in [2.05, 4.69) is 36.4 Å². The molecule has 0 atom stereocenters. The molecule has 6 heteroatoms. The summed E-state index contributed by atoms with van der Waals surface area (Å²) in [6.45, 7) is 0.0158. The van der Waals surface area contributed by atoms with Gasteiger partial charge in [-0.15, -0.1) is 0 Å². The average molecular weight is 462 g/mol. The van der Waals surface area contributed by atoms with Crippen molar-refractivity contribution in [1.29, 1.82) is 0 Å². The Kier molecular flexibility index (Phi) is 3.41. The van der Waals surface area contributed by atoms with E-state index < -0.39 is 0 Å². The van der Waals surface area contributed by atoms with Crippen LogP contribution >= 0.6 is 0 Å². The molecule has 0 bridgehead atoms. The maximum absolute atomic E-state index is 6.65. The fourth-order valence-corrected chi connectivity index (χ4v) is 6.27. The van der Waals surface area contributed by atoms with Crippen LogP contribution in [-0.4, -0.2) is 13.4 Å². The maximum atomic E-state index is 6.65. The van der Waals surface area contributed by atoms with E-state index in [9.17, 15) is 0 Å². The molecule has 4 heterocycles. The van der Waals surface area contributed by atoms with Gasteiger partial charge in [-0.1, -0.05) is 60.7 Å². The van der Waals surface area contributed by atoms with Gasteiger partial charge in [0.1, 0.15) is 34.5 Å². The molecule has 0 saturated carbocycles. The molecule has 9 rings (SSSR count). The lowest BCUT2D eigenvalue weighted by molar-refractivity contribution is 0.417. The smallest absolute Gasteiger partial charge is 0.260 e. The average Bonchev–Trinajstić information content (AvgIpc) is 2.93. The van der Waals surface area contributed by atoms with Crippen molar-refractivity contribution in [3.63, 3.8) is 0 Å². The maximum Gasteiger partial charge on any atom is 0.260 e. The number of hydrogen-bond acceptors (Lipinski definition) is 4. The van der Waals surface area contributed by atoms with Gasteiger partial charge in [0.15, 0.2) is 11.5 Å². The zero-order valence-electron chi connectivity index (χ0n) is 19.0. The van der Waals surface area contributed by atoms with Gasteiger partial charge >= 0.3 is 0 Å². The van der Waals surface area contributed by atoms with Crippen LogP contribution in [0.5, 0.6) is 46.0 Å². The highest BCUT2D eigenvalue weighted by Gasteiger charge is 2.45. The Morgan fingerprint density at radius 2 is 0.722 bits per heavy atom. The topological polar surface area (TPSA) is 36.9 Å². The summed E-state index contributed by atoms with van der Waals surface area (Å²) in [7, 11) is 0. The van der Waals surface area contributed by atoms with E-state index in [-0.39, 0.29) is 13.4 Å². The number of ether oxygens (including phenoxy) is 4. The van der Waals surface area contributed by atoms with E-state index in [0.717, 1.165) is 78.8 Å². The van der Waals surface area contributed by atoms with Gasteiger partial charge in [-0.25, -0.2) is 0 Å². The fourth-order valence-electron chi connectivity index (χ4n) is 6.27. The molecule has 0 N–H and O–H groups in total. The van der Waals surface area contributed by atoms with Crippen LogP contribution in [0.1, 0.15) is 0 Å². The number of hydrogen-bond donors (Lipinski definition) is 0. The normalized spacial score (nSPS) is 14.3. The number of benzene rings is 5. The molecule has 4 aliphatic heterocycles. The van der Waals surface area contributed by atoms with Crippen LogP contribution in [0.2, 0.25) is 0 Å². The number of fused-ring (bicyclic) bond motifs is 9. The predicted molar refractivity (Wildman–Crippen MR) is 142 cm³/mol. The molecule has 0 spiro atoms. The molecule has 4 aliphatic rings. The second-order valence-corrected chi connectivity index (χ2v) is 9.59. The first-order valence-corrected chi connectivity index (χ1v) is 12.2. The fraction of sp³-hybridized carbons (Fsp3) is 0. The summed E-state index contributed by atoms with van der Waals surface area (Å²) in [4.78, 5) is 0. The van der Waals surface area contributed by atoms with Crippen molar-refractivity contribution < 1.29 is 18.9 Å². The molecule has 4 nitrogen and oxygen atoms in total. The SMILES string of the molecule is c1ccc2c(c1)Oc1cccc3c1B2c1ccc2c(c1O3)Oc1cccc3c1B2c1ccccc1O3. The summed E-state index contributed by atoms with van der Waals surface area (Å²) >= 11 is 0. The Labute approximate surface area is 208 Å². The van der Waals surface area contributed by atoms with Gasteiger partial charge in [-0.2, -0.15) is 0 Å². The van der Waals surface area contributed by atoms with Crippen LogP contribution in [0, 0.1) is 0 Å². The molecule has 5 aromatic carbocycles. The van der Waals surface area contributed by atoms with Crippen molar-refractivity contribution >= 4 is 46.2 Å². The minimum Gasteiger partial charge on any atom is -0.458 e. The van der Waals surface area contributed by atoms with E-state index in [0.29, 0.717) is 0 Å². The first-order chi connectivity index (χ1) is 17.8. The summed E-state index contributed by atoms with van der Waals surface area (Å²) in [6.07, 6.45) is 0. The Morgan fingerprint density at radius 3 is 1.19 bits per heavy atom. The first-order valence-electron chi connectivity index (χ1n) is 12.2. The lowest BCUT2D eigenvalue weighted by atomic mass is 9.32. The van der Waals surface area contributed by atoms with Crippen molar-refractivity contribution in [3.8, 4) is 46.0 Å². The minimum atomic E-state index is 0.00788. The van der Waals surface area contributed by atoms with Crippen LogP contribution in [0.15, 0.2) is 97.1 Å². The molecule has 166 valence electrons. The third-order valence-corrected chi connectivity index (χ3v) is 7.75. The molecule has 0 fully saturated rings. The third-order valence-electron chi connectivity index (χ3n) is 7.75. The molecule has 0 unspecified atom stereocenters. The Morgan fingerprint density at radius 1 is 0.333 bits per heavy atom. The van der Waals surface area contributed by atoms with Crippen molar-refractivity contribution in [3.05, 3.63) is 97.1 Å². The van der Waals surface area contributed by atoms with Crippen LogP contribution < -0.4 is 51.7 Å². The lowest BCUT2D eigenvalue weighted by Crippen LogP contribution is -2.60. The summed E-state index contributed by atoms with van der Waals surface area (Å²) in [5.74, 6) is 6.62. The lowest BCUT2D eigenvalue weighted by Gasteiger charge is -2.37. The highest BCUT2D eigenvalue weighted by atomic mass is 16.5. The Bertz CT molecular complexity index is 1650. The number of rotatable bonds is 0. The van der Waals surface area contributed by atoms with Crippen LogP contribution in [0.25, 0.3) is 0 Å². The second-order valence-electron chi connectivity index (χ2n) is 9.59. The van der Waals surface area contributed by atoms with Gasteiger partial charge < -0.3 is 18.9 Å². The molecular formula is C30H16B2O4. The highest BCUT2D eigenvalue weighted by Crippen LogP contribution is 2.42. The van der Waals surface area contributed by atoms with Crippen LogP contribution in [-0.2, 0) is 0 Å². The number of para-hydroxylation sites is 2. The van der Waals surface area contributed by atoms with E-state index in [1.54, 1.807) is 0 Å². The van der Waals surface area contributed by atoms with Gasteiger partial charge in [-0.3, -0.25) is 0 Å². The van der Waals surface area contributed by atoms with Gasteiger partial charge in [0, 0.05) is 10.9 Å². The van der Waals surface area contributed by atoms with Crippen molar-refractivity contribution in [2.24, 2.45) is 0 Å². The molecular weight excluding hydrogens is 446 g/mol. The summed E-state index contributed by atoms with van der Waals surface area (Å²) < 4.78 is 25.8. The second kappa shape index (κ2) is 6.55. The highest BCUT2D eigenvalue weighted by molar-refractivity contribution is 7.00. The first kappa shape index (κ1) is 18.7. The Hall–Kier alpha value is -4.57. The van der Waals surface area contributed by atoms with Gasteiger partial charge in [0.25, 0.3) is 13.4 Å². The van der Waals surface area contributed by atoms with Gasteiger partial charge in [-0.05, 0) is 58.2 Å². The molecule has 0 saturated heterocycles. The summed E-state index contributed by atoms with van der Waals surface area (Å²) in [5.41, 5.74) is 6.58. The predicted octanol–water partition coefficient (Wildman–Crippen LogP) is 3.14. The van der Waals surface area contributed by atoms with Gasteiger partial charge in [0.05, 0.1) is 0 Å². The van der Waals surface area contributed by atoms with Crippen molar-refractivity contribution in [2.75, 3.05) is 0 Å². The summed E-state index contributed by atoms with van der Waals surface area (Å²) in [5, 5.41) is 0. The molecule has 0 amide bonds. The molecule has 5 aromatic rings. The largest absolute Gasteiger partial charge is 0.458 e. The molecule has 0 radical (unpaired) electrons. The zero-order chi connectivity index (χ0) is 23.4. The quantitative estimate of drug-likeness (QED) is 0.325. The van der Waals surface area contributed by atoms with Crippen LogP contribution in [0.3, 0.4) is 0 Å². The third kappa shape index (κ3) is 2.27. The zero-order valence-corrected chi connectivity index (χ0v) is 19.0. The van der Waals surface area contributed by atoms with Gasteiger partial charge in [0.2, 0.25) is 0 Å². The van der Waals surface area contributed by atoms with Crippen LogP contribution in [0.4, 0.5) is 0 Å². The minimum absolute atomic E-state index is 0.00788. The van der Waals surface area contributed by atoms with Crippen molar-refractivity contribution in [2.45, 2.75) is 0 Å². The van der Waals surface area contributed by atoms with Crippen molar-refractivity contribution in [1.82, 2.24) is 0 Å². The summed E-state index contributed by atoms with van der Waals surface area (Å²) in [6, 6.07) is 33.0. The van der Waals surface area contributed by atoms with E-state index >= 15 is 0 Å².